The van der Waals surface area contributed by atoms with Crippen LogP contribution in [0.15, 0.2) is 42.5 Å². The molecule has 1 aliphatic rings. The summed E-state index contributed by atoms with van der Waals surface area (Å²) >= 11 is 6.07. The molecule has 0 radical (unpaired) electrons. The number of amides is 1. The van der Waals surface area contributed by atoms with Gasteiger partial charge in [0.1, 0.15) is 0 Å². The number of hydrogen-bond donors (Lipinski definition) is 0. The Labute approximate surface area is 153 Å². The van der Waals surface area contributed by atoms with Crippen molar-refractivity contribution < 1.29 is 14.3 Å². The highest BCUT2D eigenvalue weighted by atomic mass is 35.5. The molecule has 25 heavy (non-hydrogen) atoms. The average Bonchev–Trinajstić information content (AvgIpc) is 2.95. The van der Waals surface area contributed by atoms with E-state index in [2.05, 4.69) is 0 Å². The van der Waals surface area contributed by atoms with E-state index in [9.17, 15) is 4.79 Å². The van der Waals surface area contributed by atoms with Crippen LogP contribution in [-0.2, 0) is 17.8 Å². The molecule has 5 heteroatoms. The van der Waals surface area contributed by atoms with Crippen molar-refractivity contribution >= 4 is 17.5 Å². The van der Waals surface area contributed by atoms with Gasteiger partial charge in [-0.05, 0) is 48.2 Å². The van der Waals surface area contributed by atoms with Crippen molar-refractivity contribution in [2.24, 2.45) is 0 Å². The first-order chi connectivity index (χ1) is 12.1. The van der Waals surface area contributed by atoms with Crippen LogP contribution in [-0.4, -0.2) is 31.1 Å². The van der Waals surface area contributed by atoms with Crippen molar-refractivity contribution in [3.8, 4) is 11.5 Å². The Morgan fingerprint density at radius 2 is 1.88 bits per heavy atom. The van der Waals surface area contributed by atoms with Gasteiger partial charge in [0.05, 0.1) is 14.2 Å². The topological polar surface area (TPSA) is 38.8 Å². The smallest absolute Gasteiger partial charge is 0.223 e. The summed E-state index contributed by atoms with van der Waals surface area (Å²) in [4.78, 5) is 14.3. The zero-order valence-electron chi connectivity index (χ0n) is 14.5. The van der Waals surface area contributed by atoms with Gasteiger partial charge in [0.15, 0.2) is 11.5 Å². The zero-order chi connectivity index (χ0) is 17.8. The van der Waals surface area contributed by atoms with Gasteiger partial charge in [-0.15, -0.1) is 0 Å². The summed E-state index contributed by atoms with van der Waals surface area (Å²) in [6, 6.07) is 13.8. The molecule has 132 valence electrons. The van der Waals surface area contributed by atoms with Gasteiger partial charge >= 0.3 is 0 Å². The van der Waals surface area contributed by atoms with Crippen LogP contribution < -0.4 is 9.47 Å². The van der Waals surface area contributed by atoms with E-state index >= 15 is 0 Å². The second-order valence-electron chi connectivity index (χ2n) is 6.24. The molecule has 0 N–H and O–H groups in total. The minimum absolute atomic E-state index is 0.185. The maximum Gasteiger partial charge on any atom is 0.223 e. The van der Waals surface area contributed by atoms with Gasteiger partial charge in [0.25, 0.3) is 0 Å². The molecule has 1 fully saturated rings. The van der Waals surface area contributed by atoms with Gasteiger partial charge in [-0.25, -0.2) is 0 Å². The summed E-state index contributed by atoms with van der Waals surface area (Å²) in [6.45, 7) is 0.595. The molecule has 1 atom stereocenters. The molecular formula is C20H22ClNO3. The number of halogens is 1. The summed E-state index contributed by atoms with van der Waals surface area (Å²) < 4.78 is 10.7. The van der Waals surface area contributed by atoms with Crippen LogP contribution >= 0.6 is 11.6 Å². The Bertz CT molecular complexity index is 762. The van der Waals surface area contributed by atoms with Crippen molar-refractivity contribution in [3.63, 3.8) is 0 Å². The van der Waals surface area contributed by atoms with Gasteiger partial charge in [-0.2, -0.15) is 0 Å². The van der Waals surface area contributed by atoms with Crippen LogP contribution in [0.2, 0.25) is 5.02 Å². The molecular weight excluding hydrogens is 338 g/mol. The SMILES string of the molecule is COc1ccc(CC2CCC(=O)N2Cc2cccc(Cl)c2)cc1OC. The summed E-state index contributed by atoms with van der Waals surface area (Å²) in [6.07, 6.45) is 2.26. The van der Waals surface area contributed by atoms with E-state index in [1.54, 1.807) is 14.2 Å². The van der Waals surface area contributed by atoms with E-state index in [0.29, 0.717) is 29.5 Å². The van der Waals surface area contributed by atoms with E-state index in [4.69, 9.17) is 21.1 Å². The fraction of sp³-hybridized carbons (Fsp3) is 0.350. The van der Waals surface area contributed by atoms with E-state index in [1.807, 2.05) is 47.4 Å². The molecule has 1 heterocycles. The third-order valence-corrected chi connectivity index (χ3v) is 4.85. The molecule has 2 aromatic rings. The van der Waals surface area contributed by atoms with Crippen LogP contribution in [0.25, 0.3) is 0 Å². The molecule has 1 amide bonds. The molecule has 1 unspecified atom stereocenters. The van der Waals surface area contributed by atoms with Crippen molar-refractivity contribution in [2.75, 3.05) is 14.2 Å². The summed E-state index contributed by atoms with van der Waals surface area (Å²) in [5.74, 6) is 1.63. The molecule has 0 spiro atoms. The lowest BCUT2D eigenvalue weighted by molar-refractivity contribution is -0.129. The van der Waals surface area contributed by atoms with Crippen LogP contribution in [0.3, 0.4) is 0 Å². The van der Waals surface area contributed by atoms with Gasteiger partial charge < -0.3 is 14.4 Å². The third kappa shape index (κ3) is 4.07. The predicted molar refractivity (Wildman–Crippen MR) is 98.3 cm³/mol. The lowest BCUT2D eigenvalue weighted by atomic mass is 10.0. The first kappa shape index (κ1) is 17.6. The van der Waals surface area contributed by atoms with Gasteiger partial charge in [-0.3, -0.25) is 4.79 Å². The molecule has 0 bridgehead atoms. The van der Waals surface area contributed by atoms with E-state index < -0.39 is 0 Å². The molecule has 0 aliphatic carbocycles. The maximum absolute atomic E-state index is 12.3. The lowest BCUT2D eigenvalue weighted by Gasteiger charge is -2.25. The largest absolute Gasteiger partial charge is 0.493 e. The standard InChI is InChI=1S/C20H22ClNO3/c1-24-18-8-6-14(12-19(18)25-2)11-17-7-9-20(23)22(17)13-15-4-3-5-16(21)10-15/h3-6,8,10,12,17H,7,9,11,13H2,1-2H3. The number of nitrogens with zero attached hydrogens (tertiary/aromatic N) is 1. The second-order valence-corrected chi connectivity index (χ2v) is 6.67. The number of carbonyl (C=O) groups is 1. The molecule has 0 aromatic heterocycles. The first-order valence-corrected chi connectivity index (χ1v) is 8.73. The Kier molecular flexibility index (Phi) is 5.49. The van der Waals surface area contributed by atoms with Crippen LogP contribution in [0.5, 0.6) is 11.5 Å². The minimum atomic E-state index is 0.185. The normalized spacial score (nSPS) is 17.0. The first-order valence-electron chi connectivity index (χ1n) is 8.35. The van der Waals surface area contributed by atoms with Gasteiger partial charge in [0, 0.05) is 24.0 Å². The molecule has 2 aromatic carbocycles. The van der Waals surface area contributed by atoms with Crippen molar-refractivity contribution in [1.82, 2.24) is 4.90 Å². The number of rotatable bonds is 6. The summed E-state index contributed by atoms with van der Waals surface area (Å²) in [5, 5.41) is 0.695. The molecule has 1 aliphatic heterocycles. The fourth-order valence-electron chi connectivity index (χ4n) is 3.33. The highest BCUT2D eigenvalue weighted by molar-refractivity contribution is 6.30. The molecule has 4 nitrogen and oxygen atoms in total. The minimum Gasteiger partial charge on any atom is -0.493 e. The Morgan fingerprint density at radius 3 is 2.60 bits per heavy atom. The average molecular weight is 360 g/mol. The molecule has 0 saturated carbocycles. The lowest BCUT2D eigenvalue weighted by Crippen LogP contribution is -2.33. The van der Waals surface area contributed by atoms with Crippen molar-refractivity contribution in [2.45, 2.75) is 31.8 Å². The summed E-state index contributed by atoms with van der Waals surface area (Å²) in [5.41, 5.74) is 2.19. The van der Waals surface area contributed by atoms with Crippen LogP contribution in [0, 0.1) is 0 Å². The highest BCUT2D eigenvalue weighted by Gasteiger charge is 2.31. The predicted octanol–water partition coefficient (Wildman–Crippen LogP) is 4.09. The Morgan fingerprint density at radius 1 is 1.08 bits per heavy atom. The van der Waals surface area contributed by atoms with E-state index in [-0.39, 0.29) is 11.9 Å². The third-order valence-electron chi connectivity index (χ3n) is 4.61. The Hall–Kier alpha value is -2.20. The maximum atomic E-state index is 12.3. The zero-order valence-corrected chi connectivity index (χ0v) is 15.3. The number of methoxy groups -OCH3 is 2. The van der Waals surface area contributed by atoms with Crippen molar-refractivity contribution in [1.29, 1.82) is 0 Å². The monoisotopic (exact) mass is 359 g/mol. The molecule has 1 saturated heterocycles. The number of likely N-dealkylation sites (tertiary alicyclic amines) is 1. The van der Waals surface area contributed by atoms with E-state index in [1.165, 1.54) is 0 Å². The highest BCUT2D eigenvalue weighted by Crippen LogP contribution is 2.30. The number of hydrogen-bond acceptors (Lipinski definition) is 3. The number of benzene rings is 2. The van der Waals surface area contributed by atoms with Gasteiger partial charge in [0.2, 0.25) is 5.91 Å². The fourth-order valence-corrected chi connectivity index (χ4v) is 3.55. The molecule has 3 rings (SSSR count). The van der Waals surface area contributed by atoms with Crippen LogP contribution in [0.4, 0.5) is 0 Å². The van der Waals surface area contributed by atoms with Crippen molar-refractivity contribution in [3.05, 3.63) is 58.6 Å². The second kappa shape index (κ2) is 7.79. The number of carbonyl (C=O) groups excluding carboxylic acids is 1. The van der Waals surface area contributed by atoms with Gasteiger partial charge in [-0.1, -0.05) is 29.8 Å². The van der Waals surface area contributed by atoms with Crippen LogP contribution in [0.1, 0.15) is 24.0 Å². The number of ether oxygens (including phenoxy) is 2. The van der Waals surface area contributed by atoms with E-state index in [0.717, 1.165) is 24.0 Å². The summed E-state index contributed by atoms with van der Waals surface area (Å²) in [7, 11) is 3.26. The quantitative estimate of drug-likeness (QED) is 0.779. The Balaban J connectivity index is 1.75.